The average Bonchev–Trinajstić information content (AvgIpc) is 3.64. The molecule has 1 aromatic heterocycles. The first-order valence-electron chi connectivity index (χ1n) is 12.0. The summed E-state index contributed by atoms with van der Waals surface area (Å²) in [5, 5.41) is 4.04. The van der Waals surface area contributed by atoms with E-state index >= 15 is 0 Å². The second-order valence-corrected chi connectivity index (χ2v) is 10.2. The van der Waals surface area contributed by atoms with Gasteiger partial charge in [-0.2, -0.15) is 0 Å². The molecule has 1 unspecified atom stereocenters. The largest absolute Gasteiger partial charge is 0.460 e. The lowest BCUT2D eigenvalue weighted by Gasteiger charge is -2.33. The highest BCUT2D eigenvalue weighted by molar-refractivity contribution is 7.99. The molecular weight excluding hydrogens is 410 g/mol. The van der Waals surface area contributed by atoms with Gasteiger partial charge in [0.1, 0.15) is 16.9 Å². The molecule has 1 aromatic rings. The van der Waals surface area contributed by atoms with Crippen molar-refractivity contribution in [3.8, 4) is 0 Å². The second kappa shape index (κ2) is 10.7. The number of esters is 1. The molecule has 0 spiro atoms. The first kappa shape index (κ1) is 22.4. The molecule has 2 saturated carbocycles. The highest BCUT2D eigenvalue weighted by Crippen LogP contribution is 2.32. The number of rotatable bonds is 8. The fraction of sp³-hybridized carbons (Fsp3) is 0.708. The Kier molecular flexibility index (Phi) is 7.75. The molecular formula is C24H35N3O3S. The molecule has 2 heterocycles. The number of nitrogens with zero attached hydrogens (tertiary/aromatic N) is 2. The maximum absolute atomic E-state index is 13.0. The molecule has 31 heavy (non-hydrogen) atoms. The monoisotopic (exact) mass is 445 g/mol. The third-order valence-corrected chi connectivity index (χ3v) is 7.57. The van der Waals surface area contributed by atoms with Crippen molar-refractivity contribution in [3.05, 3.63) is 17.7 Å². The molecule has 1 aliphatic heterocycles. The molecule has 3 fully saturated rings. The van der Waals surface area contributed by atoms with Crippen LogP contribution < -0.4 is 10.2 Å². The average molecular weight is 446 g/mol. The number of amides is 1. The molecule has 0 bridgehead atoms. The Labute approximate surface area is 189 Å². The van der Waals surface area contributed by atoms with E-state index in [0.717, 1.165) is 68.1 Å². The third kappa shape index (κ3) is 6.15. The zero-order valence-electron chi connectivity index (χ0n) is 18.6. The van der Waals surface area contributed by atoms with Crippen LogP contribution in [0.5, 0.6) is 0 Å². The van der Waals surface area contributed by atoms with Crippen LogP contribution in [0, 0.1) is 5.92 Å². The molecule has 0 radical (unpaired) electrons. The van der Waals surface area contributed by atoms with Gasteiger partial charge in [-0.1, -0.05) is 26.2 Å². The summed E-state index contributed by atoms with van der Waals surface area (Å²) in [6.07, 6.45) is 10.6. The molecule has 6 nitrogen and oxygen atoms in total. The smallest absolute Gasteiger partial charge is 0.309 e. The predicted molar refractivity (Wildman–Crippen MR) is 124 cm³/mol. The molecule has 1 amide bonds. The van der Waals surface area contributed by atoms with Crippen molar-refractivity contribution in [1.29, 1.82) is 0 Å². The molecule has 1 N–H and O–H groups in total. The maximum Gasteiger partial charge on any atom is 0.309 e. The zero-order chi connectivity index (χ0) is 21.6. The summed E-state index contributed by atoms with van der Waals surface area (Å²) < 4.78 is 5.73. The fourth-order valence-corrected chi connectivity index (χ4v) is 5.29. The first-order valence-corrected chi connectivity index (χ1v) is 13.0. The fourth-order valence-electron chi connectivity index (χ4n) is 4.42. The minimum Gasteiger partial charge on any atom is -0.460 e. The van der Waals surface area contributed by atoms with Gasteiger partial charge >= 0.3 is 5.97 Å². The van der Waals surface area contributed by atoms with Gasteiger partial charge in [0.25, 0.3) is 5.91 Å². The van der Waals surface area contributed by atoms with Gasteiger partial charge in [0.15, 0.2) is 0 Å². The van der Waals surface area contributed by atoms with Crippen molar-refractivity contribution in [2.24, 2.45) is 5.92 Å². The van der Waals surface area contributed by atoms with Gasteiger partial charge in [0.2, 0.25) is 0 Å². The van der Waals surface area contributed by atoms with E-state index in [1.54, 1.807) is 11.8 Å². The Bertz CT molecular complexity index is 777. The minimum absolute atomic E-state index is 0.000521. The quantitative estimate of drug-likeness (QED) is 0.467. The van der Waals surface area contributed by atoms with Crippen molar-refractivity contribution in [3.63, 3.8) is 0 Å². The van der Waals surface area contributed by atoms with Crippen LogP contribution >= 0.6 is 11.8 Å². The number of thioether (sulfide) groups is 1. The van der Waals surface area contributed by atoms with Crippen LogP contribution in [-0.4, -0.2) is 47.8 Å². The second-order valence-electron chi connectivity index (χ2n) is 9.10. The van der Waals surface area contributed by atoms with Crippen molar-refractivity contribution in [2.45, 2.75) is 88.3 Å². The van der Waals surface area contributed by atoms with Crippen molar-refractivity contribution in [1.82, 2.24) is 10.3 Å². The van der Waals surface area contributed by atoms with Gasteiger partial charge in [-0.25, -0.2) is 4.98 Å². The number of piperidine rings is 1. The van der Waals surface area contributed by atoms with Gasteiger partial charge in [0.05, 0.1) is 18.0 Å². The highest BCUT2D eigenvalue weighted by atomic mass is 32.2. The van der Waals surface area contributed by atoms with E-state index in [1.165, 1.54) is 19.3 Å². The van der Waals surface area contributed by atoms with E-state index in [-0.39, 0.29) is 29.9 Å². The van der Waals surface area contributed by atoms with Crippen LogP contribution in [0.1, 0.15) is 81.5 Å². The number of hydrogen-bond donors (Lipinski definition) is 1. The standard InChI is InChI=1S/C24H35N3O3S/c1-2-15-31-23-20(22(28)25-18-7-4-3-5-8-18)12-13-21(26-23)27-14-6-9-19(16-27)30-24(29)17-10-11-17/h12-13,17-19H,2-11,14-16H2,1H3,(H,25,28). The van der Waals surface area contributed by atoms with E-state index in [4.69, 9.17) is 9.72 Å². The van der Waals surface area contributed by atoms with Crippen molar-refractivity contribution < 1.29 is 14.3 Å². The molecule has 0 aromatic carbocycles. The summed E-state index contributed by atoms with van der Waals surface area (Å²) in [6.45, 7) is 3.72. The number of aromatic nitrogens is 1. The molecule has 3 aliphatic rings. The summed E-state index contributed by atoms with van der Waals surface area (Å²) >= 11 is 1.66. The molecule has 4 rings (SSSR count). The van der Waals surface area contributed by atoms with Crippen LogP contribution in [0.25, 0.3) is 0 Å². The number of anilines is 1. The van der Waals surface area contributed by atoms with E-state index in [9.17, 15) is 9.59 Å². The van der Waals surface area contributed by atoms with Gasteiger partial charge < -0.3 is 15.0 Å². The number of pyridine rings is 1. The molecule has 2 aliphatic carbocycles. The Morgan fingerprint density at radius 3 is 2.68 bits per heavy atom. The number of nitrogens with one attached hydrogen (secondary N) is 1. The Hall–Kier alpha value is -1.76. The normalized spacial score (nSPS) is 22.2. The first-order chi connectivity index (χ1) is 15.1. The molecule has 7 heteroatoms. The van der Waals surface area contributed by atoms with Crippen LogP contribution in [0.2, 0.25) is 0 Å². The summed E-state index contributed by atoms with van der Waals surface area (Å²) in [6, 6.07) is 4.17. The van der Waals surface area contributed by atoms with Crippen LogP contribution in [0.4, 0.5) is 5.82 Å². The lowest BCUT2D eigenvalue weighted by Crippen LogP contribution is -2.41. The molecule has 170 valence electrons. The zero-order valence-corrected chi connectivity index (χ0v) is 19.4. The minimum atomic E-state index is -0.0651. The highest BCUT2D eigenvalue weighted by Gasteiger charge is 2.34. The van der Waals surface area contributed by atoms with E-state index in [2.05, 4.69) is 17.1 Å². The predicted octanol–water partition coefficient (Wildman–Crippen LogP) is 4.57. The molecule has 1 saturated heterocycles. The summed E-state index contributed by atoms with van der Waals surface area (Å²) in [4.78, 5) is 32.2. The molecule has 1 atom stereocenters. The van der Waals surface area contributed by atoms with Crippen molar-refractivity contribution in [2.75, 3.05) is 23.7 Å². The Morgan fingerprint density at radius 2 is 1.94 bits per heavy atom. The van der Waals surface area contributed by atoms with Gasteiger partial charge in [0, 0.05) is 12.6 Å². The topological polar surface area (TPSA) is 71.5 Å². The Balaban J connectivity index is 1.44. The number of carbonyl (C=O) groups is 2. The van der Waals surface area contributed by atoms with E-state index in [1.807, 2.05) is 12.1 Å². The SMILES string of the molecule is CCCSc1nc(N2CCCC(OC(=O)C3CC3)C2)ccc1C(=O)NC1CCCCC1. The summed E-state index contributed by atoms with van der Waals surface area (Å²) in [5.41, 5.74) is 0.682. The van der Waals surface area contributed by atoms with Crippen LogP contribution in [0.3, 0.4) is 0 Å². The van der Waals surface area contributed by atoms with Crippen LogP contribution in [-0.2, 0) is 9.53 Å². The number of hydrogen-bond acceptors (Lipinski definition) is 6. The number of carbonyl (C=O) groups excluding carboxylic acids is 2. The van der Waals surface area contributed by atoms with Crippen LogP contribution in [0.15, 0.2) is 17.2 Å². The van der Waals surface area contributed by atoms with Gasteiger partial charge in [-0.05, 0) is 62.8 Å². The summed E-state index contributed by atoms with van der Waals surface area (Å²) in [5.74, 6) is 1.91. The van der Waals surface area contributed by atoms with E-state index in [0.29, 0.717) is 12.1 Å². The lowest BCUT2D eigenvalue weighted by molar-refractivity contribution is -0.151. The Morgan fingerprint density at radius 1 is 1.13 bits per heavy atom. The van der Waals surface area contributed by atoms with Gasteiger partial charge in [-0.15, -0.1) is 11.8 Å². The summed E-state index contributed by atoms with van der Waals surface area (Å²) in [7, 11) is 0. The number of ether oxygens (including phenoxy) is 1. The third-order valence-electron chi connectivity index (χ3n) is 6.37. The van der Waals surface area contributed by atoms with Crippen molar-refractivity contribution >= 4 is 29.5 Å². The lowest BCUT2D eigenvalue weighted by atomic mass is 9.95. The van der Waals surface area contributed by atoms with Gasteiger partial charge in [-0.3, -0.25) is 9.59 Å². The van der Waals surface area contributed by atoms with E-state index < -0.39 is 0 Å². The maximum atomic E-state index is 13.0.